The number of aromatic nitrogens is 2. The van der Waals surface area contributed by atoms with Gasteiger partial charge in [-0.05, 0) is 38.1 Å². The SMILES string of the molecule is CCNCCCCCC(=O)[N+]1(C/C=C/c2cn([C@H]3CC(O)=C(COP(=O)(OC)OP(=O)(OC)OP(=O)(OC)OC)O3)c(=O)[nH]c2=O)CC1. The monoisotopic (exact) mass is 745 g/mol. The molecule has 2 aliphatic heterocycles. The number of H-pyrrole nitrogens is 1. The Morgan fingerprint density at radius 3 is 2.29 bits per heavy atom. The van der Waals surface area contributed by atoms with Gasteiger partial charge < -0.3 is 15.2 Å². The maximum Gasteiger partial charge on any atom is 0.492 e. The highest BCUT2D eigenvalue weighted by Gasteiger charge is 2.48. The molecule has 1 aromatic heterocycles. The molecule has 1 aromatic rings. The Morgan fingerprint density at radius 2 is 1.69 bits per heavy atom. The highest BCUT2D eigenvalue weighted by molar-refractivity contribution is 7.67. The van der Waals surface area contributed by atoms with Crippen LogP contribution in [0.15, 0.2) is 33.4 Å². The Kier molecular flexibility index (Phi) is 14.7. The number of phosphoric acid groups is 3. The zero-order chi connectivity index (χ0) is 35.6. The third-order valence-corrected chi connectivity index (χ3v) is 12.9. The molecule has 0 aliphatic carbocycles. The lowest BCUT2D eigenvalue weighted by Crippen LogP contribution is -2.34. The first-order valence-corrected chi connectivity index (χ1v) is 19.4. The first kappa shape index (κ1) is 40.2. The number of carbonyl (C=O) groups is 1. The third kappa shape index (κ3) is 10.9. The highest BCUT2D eigenvalue weighted by Crippen LogP contribution is 2.72. The number of nitrogens with one attached hydrogen (secondary N) is 2. The van der Waals surface area contributed by atoms with Crippen molar-refractivity contribution in [1.29, 1.82) is 0 Å². The smallest absolute Gasteiger partial charge is 0.492 e. The van der Waals surface area contributed by atoms with E-state index in [-0.39, 0.29) is 23.7 Å². The van der Waals surface area contributed by atoms with Gasteiger partial charge >= 0.3 is 35.1 Å². The second-order valence-corrected chi connectivity index (χ2v) is 16.3. The molecule has 1 amide bonds. The third-order valence-electron chi connectivity index (χ3n) is 7.46. The fourth-order valence-corrected chi connectivity index (χ4v) is 8.93. The standard InChI is InChI=1S/C26H43N4O15P3/c1-6-27-13-9-7-8-12-24(32)30(15-16-30)14-10-11-20-18-29(26(34)28-25(20)33)23-17-21(31)22(43-23)19-42-47(36,40-4)45-48(37,41-5)44-46(35,38-2)39-3/h10-11,18,23,27H,6-9,12-17,19H2,1-5H3,(H-,28,31,33,34)/p+1/b11-10+/t23-,47?,48?/m1/s1. The van der Waals surface area contributed by atoms with Gasteiger partial charge in [-0.2, -0.15) is 8.62 Å². The van der Waals surface area contributed by atoms with E-state index in [1.807, 2.05) is 6.92 Å². The Bertz CT molecular complexity index is 1590. The number of aromatic amines is 1. The van der Waals surface area contributed by atoms with Crippen LogP contribution in [0, 0.1) is 0 Å². The van der Waals surface area contributed by atoms with Crippen LogP contribution < -0.4 is 16.6 Å². The molecule has 3 heterocycles. The van der Waals surface area contributed by atoms with E-state index in [0.717, 1.165) is 78.4 Å². The molecule has 0 saturated carbocycles. The minimum atomic E-state index is -4.93. The van der Waals surface area contributed by atoms with E-state index in [4.69, 9.17) is 18.1 Å². The summed E-state index contributed by atoms with van der Waals surface area (Å²) in [5.41, 5.74) is -1.39. The van der Waals surface area contributed by atoms with Crippen LogP contribution in [0.25, 0.3) is 6.08 Å². The van der Waals surface area contributed by atoms with Crippen LogP contribution in [0.4, 0.5) is 0 Å². The lowest BCUT2D eigenvalue weighted by atomic mass is 10.1. The number of unbranched alkanes of at least 4 members (excludes halogenated alkanes) is 2. The Hall–Kier alpha value is -2.24. The maximum atomic E-state index is 13.0. The molecule has 19 nitrogen and oxygen atoms in total. The summed E-state index contributed by atoms with van der Waals surface area (Å²) in [5.74, 6) is -0.541. The van der Waals surface area contributed by atoms with Gasteiger partial charge in [0, 0.05) is 34.6 Å². The number of rotatable bonds is 22. The molecule has 0 radical (unpaired) electrons. The highest BCUT2D eigenvalue weighted by atomic mass is 31.3. The molecular formula is C26H44N4O15P3+. The Labute approximate surface area is 277 Å². The zero-order valence-corrected chi connectivity index (χ0v) is 30.2. The molecular weight excluding hydrogens is 701 g/mol. The minimum Gasteiger partial charge on any atom is -0.508 e. The van der Waals surface area contributed by atoms with Crippen LogP contribution in [-0.4, -0.2) is 92.8 Å². The van der Waals surface area contributed by atoms with Crippen molar-refractivity contribution in [3.8, 4) is 0 Å². The summed E-state index contributed by atoms with van der Waals surface area (Å²) in [4.78, 5) is 40.2. The minimum absolute atomic E-state index is 0.107. The van der Waals surface area contributed by atoms with Crippen LogP contribution in [0.5, 0.6) is 0 Å². The summed E-state index contributed by atoms with van der Waals surface area (Å²) >= 11 is 0. The van der Waals surface area contributed by atoms with E-state index in [1.54, 1.807) is 6.08 Å². The van der Waals surface area contributed by atoms with Crippen molar-refractivity contribution in [2.24, 2.45) is 0 Å². The zero-order valence-electron chi connectivity index (χ0n) is 27.5. The molecule has 2 aliphatic rings. The molecule has 3 N–H and O–H groups in total. The molecule has 1 saturated heterocycles. The molecule has 272 valence electrons. The van der Waals surface area contributed by atoms with Gasteiger partial charge in [0.1, 0.15) is 32.0 Å². The van der Waals surface area contributed by atoms with Gasteiger partial charge in [0.25, 0.3) is 5.56 Å². The number of aliphatic hydroxyl groups excluding tert-OH is 1. The molecule has 22 heteroatoms. The van der Waals surface area contributed by atoms with E-state index in [9.17, 15) is 33.2 Å². The quantitative estimate of drug-likeness (QED) is 0.0665. The molecule has 0 aromatic carbocycles. The second kappa shape index (κ2) is 17.6. The van der Waals surface area contributed by atoms with Crippen LogP contribution >= 0.6 is 23.5 Å². The van der Waals surface area contributed by atoms with Crippen molar-refractivity contribution >= 4 is 35.5 Å². The summed E-state index contributed by atoms with van der Waals surface area (Å²) in [7, 11) is -10.6. The lowest BCUT2D eigenvalue weighted by Gasteiger charge is -2.23. The van der Waals surface area contributed by atoms with Gasteiger partial charge in [-0.25, -0.2) is 27.8 Å². The summed E-state index contributed by atoms with van der Waals surface area (Å²) in [5, 5.41) is 13.8. The van der Waals surface area contributed by atoms with Gasteiger partial charge in [0.2, 0.25) is 0 Å². The topological polar surface area (TPSA) is 229 Å². The van der Waals surface area contributed by atoms with Crippen molar-refractivity contribution in [2.75, 3.05) is 67.8 Å². The Balaban J connectivity index is 1.63. The van der Waals surface area contributed by atoms with E-state index in [1.165, 1.54) is 12.3 Å². The van der Waals surface area contributed by atoms with Crippen LogP contribution in [0.3, 0.4) is 0 Å². The van der Waals surface area contributed by atoms with Gasteiger partial charge in [-0.15, -0.1) is 0 Å². The molecule has 3 rings (SSSR count). The van der Waals surface area contributed by atoms with E-state index >= 15 is 0 Å². The fraction of sp³-hybridized carbons (Fsp3) is 0.654. The maximum absolute atomic E-state index is 13.0. The van der Waals surface area contributed by atoms with Crippen LogP contribution in [-0.2, 0) is 54.5 Å². The van der Waals surface area contributed by atoms with Gasteiger partial charge in [-0.1, -0.05) is 13.3 Å². The molecule has 3 atom stereocenters. The van der Waals surface area contributed by atoms with Crippen molar-refractivity contribution < 1.29 is 64.1 Å². The largest absolute Gasteiger partial charge is 0.508 e. The summed E-state index contributed by atoms with van der Waals surface area (Å²) in [6, 6.07) is 0. The first-order valence-electron chi connectivity index (χ1n) is 15.0. The summed E-state index contributed by atoms with van der Waals surface area (Å²) in [6.45, 7) is 4.96. The fourth-order valence-electron chi connectivity index (χ4n) is 4.53. The number of ether oxygens (including phenoxy) is 1. The van der Waals surface area contributed by atoms with Crippen LogP contribution in [0.1, 0.15) is 50.8 Å². The summed E-state index contributed by atoms with van der Waals surface area (Å²) < 4.78 is 78.0. The average Bonchev–Trinajstić information content (AvgIpc) is 3.76. The van der Waals surface area contributed by atoms with Gasteiger partial charge in [0.05, 0.1) is 18.4 Å². The number of phosphoric ester groups is 2. The number of amides is 1. The molecule has 0 bridgehead atoms. The normalized spacial score (nSPS) is 20.1. The molecule has 0 spiro atoms. The Morgan fingerprint density at radius 1 is 1.04 bits per heavy atom. The van der Waals surface area contributed by atoms with Gasteiger partial charge in [0.15, 0.2) is 12.0 Å². The first-order chi connectivity index (χ1) is 22.7. The second-order valence-electron chi connectivity index (χ2n) is 10.6. The molecule has 1 fully saturated rings. The number of hydrogen-bond acceptors (Lipinski definition) is 16. The predicted molar refractivity (Wildman–Crippen MR) is 171 cm³/mol. The average molecular weight is 746 g/mol. The van der Waals surface area contributed by atoms with Crippen molar-refractivity contribution in [1.82, 2.24) is 14.9 Å². The number of nitrogens with zero attached hydrogens (tertiary/aromatic N) is 2. The predicted octanol–water partition coefficient (Wildman–Crippen LogP) is 3.72. The number of carbonyl (C=O) groups excluding carboxylic acids is 1. The van der Waals surface area contributed by atoms with E-state index in [0.29, 0.717) is 17.4 Å². The number of hydrogen-bond donors (Lipinski definition) is 3. The number of quaternary nitrogens is 1. The molecule has 2 unspecified atom stereocenters. The van der Waals surface area contributed by atoms with Crippen molar-refractivity contribution in [3.05, 3.63) is 50.2 Å². The molecule has 48 heavy (non-hydrogen) atoms. The van der Waals surface area contributed by atoms with E-state index < -0.39 is 53.3 Å². The van der Waals surface area contributed by atoms with Gasteiger partial charge in [-0.3, -0.25) is 37.0 Å². The van der Waals surface area contributed by atoms with Crippen LogP contribution in [0.2, 0.25) is 0 Å². The summed E-state index contributed by atoms with van der Waals surface area (Å²) in [6.07, 6.45) is 6.35. The number of aliphatic hydroxyl groups is 1. The van der Waals surface area contributed by atoms with Crippen molar-refractivity contribution in [2.45, 2.75) is 45.3 Å². The van der Waals surface area contributed by atoms with Crippen molar-refractivity contribution in [3.63, 3.8) is 0 Å². The van der Waals surface area contributed by atoms with E-state index in [2.05, 4.69) is 28.2 Å². The lowest BCUT2D eigenvalue weighted by molar-refractivity contribution is -0.711.